The standard InChI is InChI=1S/C16H24Cl2N2/c1-2-3-10-20(14-6-8-19-9-7-14)12-13-4-5-15(17)16(18)11-13/h4-5,11,14,19H,2-3,6-10,12H2,1H3. The van der Waals surface area contributed by atoms with E-state index in [9.17, 15) is 0 Å². The predicted molar refractivity (Wildman–Crippen MR) is 87.7 cm³/mol. The molecule has 0 aliphatic carbocycles. The van der Waals surface area contributed by atoms with E-state index in [1.165, 1.54) is 37.8 Å². The highest BCUT2D eigenvalue weighted by molar-refractivity contribution is 6.42. The Morgan fingerprint density at radius 3 is 2.60 bits per heavy atom. The van der Waals surface area contributed by atoms with Crippen LogP contribution in [0.15, 0.2) is 18.2 Å². The Labute approximate surface area is 132 Å². The number of hydrogen-bond donors (Lipinski definition) is 1. The maximum Gasteiger partial charge on any atom is 0.0595 e. The molecule has 0 saturated carbocycles. The molecule has 0 amide bonds. The minimum absolute atomic E-state index is 0.636. The van der Waals surface area contributed by atoms with Crippen molar-refractivity contribution in [2.24, 2.45) is 0 Å². The van der Waals surface area contributed by atoms with Gasteiger partial charge in [-0.15, -0.1) is 0 Å². The van der Waals surface area contributed by atoms with E-state index in [0.717, 1.165) is 19.6 Å². The van der Waals surface area contributed by atoms with Gasteiger partial charge in [0, 0.05) is 12.6 Å². The van der Waals surface area contributed by atoms with E-state index in [2.05, 4.69) is 23.2 Å². The average molecular weight is 315 g/mol. The normalized spacial score (nSPS) is 16.8. The van der Waals surface area contributed by atoms with Crippen molar-refractivity contribution in [3.63, 3.8) is 0 Å². The first-order chi connectivity index (χ1) is 9.70. The molecule has 1 fully saturated rings. The summed E-state index contributed by atoms with van der Waals surface area (Å²) in [5, 5.41) is 4.73. The lowest BCUT2D eigenvalue weighted by molar-refractivity contribution is 0.152. The fourth-order valence-corrected chi connectivity index (χ4v) is 3.12. The smallest absolute Gasteiger partial charge is 0.0595 e. The Bertz CT molecular complexity index is 417. The van der Waals surface area contributed by atoms with E-state index in [1.54, 1.807) is 0 Å². The van der Waals surface area contributed by atoms with Crippen LogP contribution in [-0.2, 0) is 6.54 Å². The molecule has 0 aromatic heterocycles. The highest BCUT2D eigenvalue weighted by Gasteiger charge is 2.20. The lowest BCUT2D eigenvalue weighted by Crippen LogP contribution is -2.43. The maximum absolute atomic E-state index is 6.13. The molecule has 2 nitrogen and oxygen atoms in total. The molecule has 1 aromatic carbocycles. The van der Waals surface area contributed by atoms with Crippen molar-refractivity contribution in [2.45, 2.75) is 45.2 Å². The predicted octanol–water partition coefficient (Wildman–Crippen LogP) is 4.35. The Hall–Kier alpha value is -0.280. The molecule has 0 atom stereocenters. The zero-order valence-corrected chi connectivity index (χ0v) is 13.7. The quantitative estimate of drug-likeness (QED) is 0.840. The van der Waals surface area contributed by atoms with Crippen LogP contribution in [0.25, 0.3) is 0 Å². The lowest BCUT2D eigenvalue weighted by Gasteiger charge is -2.34. The lowest BCUT2D eigenvalue weighted by atomic mass is 10.0. The molecule has 1 aliphatic heterocycles. The maximum atomic E-state index is 6.13. The van der Waals surface area contributed by atoms with E-state index < -0.39 is 0 Å². The van der Waals surface area contributed by atoms with Crippen molar-refractivity contribution in [1.29, 1.82) is 0 Å². The molecular weight excluding hydrogens is 291 g/mol. The van der Waals surface area contributed by atoms with Gasteiger partial charge in [-0.3, -0.25) is 4.90 Å². The van der Waals surface area contributed by atoms with Crippen LogP contribution >= 0.6 is 23.2 Å². The highest BCUT2D eigenvalue weighted by atomic mass is 35.5. The minimum Gasteiger partial charge on any atom is -0.317 e. The summed E-state index contributed by atoms with van der Waals surface area (Å²) in [6.45, 7) is 6.66. The Morgan fingerprint density at radius 2 is 1.95 bits per heavy atom. The van der Waals surface area contributed by atoms with Crippen LogP contribution in [0.2, 0.25) is 10.0 Å². The van der Waals surface area contributed by atoms with Gasteiger partial charge in [-0.25, -0.2) is 0 Å². The zero-order valence-electron chi connectivity index (χ0n) is 12.2. The second-order valence-corrected chi connectivity index (χ2v) is 6.37. The number of benzene rings is 1. The summed E-state index contributed by atoms with van der Waals surface area (Å²) in [6.07, 6.45) is 4.98. The van der Waals surface area contributed by atoms with Crippen LogP contribution in [0.4, 0.5) is 0 Å². The average Bonchev–Trinajstić information content (AvgIpc) is 2.48. The molecule has 1 aliphatic rings. The third-order valence-electron chi connectivity index (χ3n) is 3.99. The molecule has 0 bridgehead atoms. The fraction of sp³-hybridized carbons (Fsp3) is 0.625. The number of rotatable bonds is 6. The van der Waals surface area contributed by atoms with Crippen LogP contribution < -0.4 is 5.32 Å². The summed E-state index contributed by atoms with van der Waals surface area (Å²) in [5.41, 5.74) is 1.26. The van der Waals surface area contributed by atoms with Crippen molar-refractivity contribution in [1.82, 2.24) is 10.2 Å². The van der Waals surface area contributed by atoms with Crippen molar-refractivity contribution in [2.75, 3.05) is 19.6 Å². The molecule has 1 saturated heterocycles. The highest BCUT2D eigenvalue weighted by Crippen LogP contribution is 2.24. The summed E-state index contributed by atoms with van der Waals surface area (Å²) in [5.74, 6) is 0. The van der Waals surface area contributed by atoms with Crippen LogP contribution in [0.1, 0.15) is 38.2 Å². The second-order valence-electron chi connectivity index (χ2n) is 5.55. The summed E-state index contributed by atoms with van der Waals surface area (Å²) >= 11 is 12.1. The van der Waals surface area contributed by atoms with E-state index in [1.807, 2.05) is 12.1 Å². The van der Waals surface area contributed by atoms with Crippen LogP contribution in [-0.4, -0.2) is 30.6 Å². The first-order valence-corrected chi connectivity index (χ1v) is 8.35. The molecule has 0 spiro atoms. The molecular formula is C16H24Cl2N2. The molecule has 112 valence electrons. The number of halogens is 2. The Morgan fingerprint density at radius 1 is 1.20 bits per heavy atom. The Kier molecular flexibility index (Phi) is 6.63. The molecule has 0 unspecified atom stereocenters. The molecule has 1 N–H and O–H groups in total. The largest absolute Gasteiger partial charge is 0.317 e. The van der Waals surface area contributed by atoms with Crippen molar-refractivity contribution < 1.29 is 0 Å². The van der Waals surface area contributed by atoms with Gasteiger partial charge in [-0.2, -0.15) is 0 Å². The fourth-order valence-electron chi connectivity index (χ4n) is 2.80. The van der Waals surface area contributed by atoms with Crippen LogP contribution in [0.5, 0.6) is 0 Å². The van der Waals surface area contributed by atoms with Crippen molar-refractivity contribution in [3.05, 3.63) is 33.8 Å². The topological polar surface area (TPSA) is 15.3 Å². The summed E-state index contributed by atoms with van der Waals surface area (Å²) in [6, 6.07) is 6.69. The summed E-state index contributed by atoms with van der Waals surface area (Å²) < 4.78 is 0. The molecule has 4 heteroatoms. The van der Waals surface area contributed by atoms with E-state index >= 15 is 0 Å². The number of nitrogens with zero attached hydrogens (tertiary/aromatic N) is 1. The Balaban J connectivity index is 2.03. The number of hydrogen-bond acceptors (Lipinski definition) is 2. The van der Waals surface area contributed by atoms with Gasteiger partial charge >= 0.3 is 0 Å². The molecule has 2 rings (SSSR count). The van der Waals surface area contributed by atoms with Gasteiger partial charge in [0.1, 0.15) is 0 Å². The zero-order chi connectivity index (χ0) is 14.4. The number of unbranched alkanes of at least 4 members (excludes halogenated alkanes) is 1. The van der Waals surface area contributed by atoms with Gasteiger partial charge in [0.25, 0.3) is 0 Å². The van der Waals surface area contributed by atoms with Gasteiger partial charge in [0.15, 0.2) is 0 Å². The van der Waals surface area contributed by atoms with Gasteiger partial charge in [0.05, 0.1) is 10.0 Å². The molecule has 1 heterocycles. The summed E-state index contributed by atoms with van der Waals surface area (Å²) in [7, 11) is 0. The van der Waals surface area contributed by atoms with Crippen LogP contribution in [0.3, 0.4) is 0 Å². The molecule has 20 heavy (non-hydrogen) atoms. The molecule has 1 aromatic rings. The minimum atomic E-state index is 0.636. The first-order valence-electron chi connectivity index (χ1n) is 7.59. The monoisotopic (exact) mass is 314 g/mol. The van der Waals surface area contributed by atoms with Gasteiger partial charge in [-0.05, 0) is 56.6 Å². The number of nitrogens with one attached hydrogen (secondary N) is 1. The third-order valence-corrected chi connectivity index (χ3v) is 4.73. The number of piperidine rings is 1. The first kappa shape index (κ1) is 16.1. The van der Waals surface area contributed by atoms with Crippen molar-refractivity contribution >= 4 is 23.2 Å². The van der Waals surface area contributed by atoms with Crippen molar-refractivity contribution in [3.8, 4) is 0 Å². The third kappa shape index (κ3) is 4.63. The summed E-state index contributed by atoms with van der Waals surface area (Å²) in [4.78, 5) is 2.61. The second kappa shape index (κ2) is 8.23. The molecule has 0 radical (unpaired) electrons. The SMILES string of the molecule is CCCCN(Cc1ccc(Cl)c(Cl)c1)C1CCNCC1. The van der Waals surface area contributed by atoms with E-state index in [-0.39, 0.29) is 0 Å². The van der Waals surface area contributed by atoms with Gasteiger partial charge in [0.2, 0.25) is 0 Å². The van der Waals surface area contributed by atoms with E-state index in [4.69, 9.17) is 23.2 Å². The van der Waals surface area contributed by atoms with Gasteiger partial charge < -0.3 is 5.32 Å². The van der Waals surface area contributed by atoms with Gasteiger partial charge in [-0.1, -0.05) is 42.6 Å². The van der Waals surface area contributed by atoms with Crippen LogP contribution in [0, 0.1) is 0 Å². The van der Waals surface area contributed by atoms with E-state index in [0.29, 0.717) is 16.1 Å².